The molecule has 0 unspecified atom stereocenters. The van der Waals surface area contributed by atoms with Crippen molar-refractivity contribution in [2.24, 2.45) is 0 Å². The highest BCUT2D eigenvalue weighted by atomic mass is 32.1. The molecule has 2 aromatic carbocycles. The Balaban J connectivity index is 1.44. The van der Waals surface area contributed by atoms with Crippen molar-refractivity contribution in [3.8, 4) is 11.3 Å². The minimum atomic E-state index is -0.457. The number of nitrogens with zero attached hydrogens (tertiary/aromatic N) is 4. The van der Waals surface area contributed by atoms with Gasteiger partial charge in [0.2, 0.25) is 4.96 Å². The van der Waals surface area contributed by atoms with Gasteiger partial charge in [0.25, 0.3) is 11.2 Å². The van der Waals surface area contributed by atoms with E-state index in [1.165, 1.54) is 28.0 Å². The fraction of sp³-hybridized carbons (Fsp3) is 0. The van der Waals surface area contributed by atoms with E-state index in [1.807, 2.05) is 36.4 Å². The molecule has 5 rings (SSSR count). The summed E-state index contributed by atoms with van der Waals surface area (Å²) in [6, 6.07) is 19.3. The Kier molecular flexibility index (Phi) is 4.92. The lowest BCUT2D eigenvalue weighted by Crippen LogP contribution is -2.23. The third-order valence-electron chi connectivity index (χ3n) is 4.66. The predicted molar refractivity (Wildman–Crippen MR) is 122 cm³/mol. The molecule has 3 aromatic heterocycles. The summed E-state index contributed by atoms with van der Waals surface area (Å²) in [6.07, 6.45) is 5.26. The van der Waals surface area contributed by atoms with Crippen LogP contribution >= 0.6 is 11.3 Å². The second kappa shape index (κ2) is 8.05. The molecule has 0 radical (unpaired) electrons. The lowest BCUT2D eigenvalue weighted by Gasteiger charge is -1.96. The molecule has 0 N–H and O–H groups in total. The number of hydrogen-bond donors (Lipinski definition) is 0. The van der Waals surface area contributed by atoms with Crippen molar-refractivity contribution in [1.82, 2.24) is 14.6 Å². The third kappa shape index (κ3) is 3.84. The zero-order valence-electron chi connectivity index (χ0n) is 16.4. The van der Waals surface area contributed by atoms with Gasteiger partial charge in [-0.15, -0.1) is 5.10 Å². The minimum Gasteiger partial charge on any atom is -0.457 e. The summed E-state index contributed by atoms with van der Waals surface area (Å²) >= 11 is 1.21. The van der Waals surface area contributed by atoms with Gasteiger partial charge >= 0.3 is 0 Å². The maximum absolute atomic E-state index is 12.7. The first-order valence-electron chi connectivity index (χ1n) is 9.56. The monoisotopic (exact) mass is 442 g/mol. The average Bonchev–Trinajstić information content (AvgIpc) is 3.51. The van der Waals surface area contributed by atoms with E-state index in [2.05, 4.69) is 10.1 Å². The van der Waals surface area contributed by atoms with Crippen LogP contribution < -0.4 is 10.1 Å². The number of aromatic nitrogens is 3. The number of nitro benzene ring substituents is 1. The minimum absolute atomic E-state index is 0.0195. The summed E-state index contributed by atoms with van der Waals surface area (Å²) in [5.74, 6) is 1.38. The molecular formula is C23H14N4O4S. The highest BCUT2D eigenvalue weighted by Crippen LogP contribution is 2.26. The molecule has 0 fully saturated rings. The topological polar surface area (TPSA) is 104 Å². The van der Waals surface area contributed by atoms with Gasteiger partial charge in [-0.2, -0.15) is 9.50 Å². The van der Waals surface area contributed by atoms with Gasteiger partial charge < -0.3 is 4.42 Å². The van der Waals surface area contributed by atoms with E-state index < -0.39 is 4.92 Å². The number of hydrogen-bond acceptors (Lipinski definition) is 7. The van der Waals surface area contributed by atoms with Crippen molar-refractivity contribution in [2.75, 3.05) is 0 Å². The molecule has 0 aliphatic heterocycles. The maximum Gasteiger partial charge on any atom is 0.291 e. The maximum atomic E-state index is 12.7. The summed E-state index contributed by atoms with van der Waals surface area (Å²) < 4.78 is 7.47. The van der Waals surface area contributed by atoms with Crippen LogP contribution in [0.25, 0.3) is 34.5 Å². The first-order chi connectivity index (χ1) is 15.6. The zero-order chi connectivity index (χ0) is 22.1. The molecule has 3 heterocycles. The summed E-state index contributed by atoms with van der Waals surface area (Å²) in [5, 5.41) is 15.3. The Labute approximate surface area is 184 Å². The van der Waals surface area contributed by atoms with Crippen molar-refractivity contribution in [2.45, 2.75) is 0 Å². The number of rotatable bonds is 5. The van der Waals surface area contributed by atoms with E-state index in [0.29, 0.717) is 32.4 Å². The molecule has 156 valence electrons. The van der Waals surface area contributed by atoms with Crippen LogP contribution in [0.5, 0.6) is 0 Å². The van der Waals surface area contributed by atoms with Crippen LogP contribution in [0.4, 0.5) is 5.69 Å². The van der Waals surface area contributed by atoms with E-state index in [4.69, 9.17) is 4.42 Å². The van der Waals surface area contributed by atoms with E-state index in [0.717, 1.165) is 5.56 Å². The van der Waals surface area contributed by atoms with Gasteiger partial charge in [-0.05, 0) is 23.8 Å². The van der Waals surface area contributed by atoms with E-state index >= 15 is 0 Å². The molecule has 0 bridgehead atoms. The lowest BCUT2D eigenvalue weighted by atomic mass is 10.1. The van der Waals surface area contributed by atoms with Gasteiger partial charge in [0.15, 0.2) is 5.82 Å². The molecule has 8 nitrogen and oxygen atoms in total. The Morgan fingerprint density at radius 2 is 1.88 bits per heavy atom. The second-order valence-corrected chi connectivity index (χ2v) is 7.84. The third-order valence-corrected chi connectivity index (χ3v) is 5.62. The fourth-order valence-corrected chi connectivity index (χ4v) is 4.04. The number of furan rings is 1. The first kappa shape index (κ1) is 19.6. The van der Waals surface area contributed by atoms with E-state index in [9.17, 15) is 14.9 Å². The SMILES string of the molecule is O=c1/c(=C/c2ccc(-c3cccc([N+](=O)[O-])c3)o2)sc2nc(/C=C/c3ccccc3)nn12. The molecule has 9 heteroatoms. The Morgan fingerprint density at radius 3 is 2.66 bits per heavy atom. The molecule has 5 aromatic rings. The number of non-ortho nitro benzene ring substituents is 1. The Hall–Kier alpha value is -4.37. The van der Waals surface area contributed by atoms with Crippen molar-refractivity contribution in [3.05, 3.63) is 109 Å². The normalized spacial score (nSPS) is 12.2. The summed E-state index contributed by atoms with van der Waals surface area (Å²) in [6.45, 7) is 0. The van der Waals surface area contributed by atoms with Crippen LogP contribution in [-0.2, 0) is 0 Å². The highest BCUT2D eigenvalue weighted by Gasteiger charge is 2.12. The van der Waals surface area contributed by atoms with Crippen LogP contribution in [0.15, 0.2) is 75.9 Å². The van der Waals surface area contributed by atoms with Crippen molar-refractivity contribution >= 4 is 40.2 Å². The number of thiazole rings is 1. The fourth-order valence-electron chi connectivity index (χ4n) is 3.14. The summed E-state index contributed by atoms with van der Waals surface area (Å²) in [7, 11) is 0. The smallest absolute Gasteiger partial charge is 0.291 e. The van der Waals surface area contributed by atoms with Crippen LogP contribution in [0, 0.1) is 10.1 Å². The summed E-state index contributed by atoms with van der Waals surface area (Å²) in [4.78, 5) is 28.1. The van der Waals surface area contributed by atoms with Crippen LogP contribution in [0.2, 0.25) is 0 Å². The van der Waals surface area contributed by atoms with Crippen molar-refractivity contribution in [3.63, 3.8) is 0 Å². The molecule has 0 aliphatic rings. The van der Waals surface area contributed by atoms with Gasteiger partial charge in [-0.3, -0.25) is 14.9 Å². The van der Waals surface area contributed by atoms with Crippen LogP contribution in [0.1, 0.15) is 17.1 Å². The molecule has 0 aliphatic carbocycles. The number of nitro groups is 1. The van der Waals surface area contributed by atoms with Gasteiger partial charge in [0.1, 0.15) is 16.1 Å². The number of fused-ring (bicyclic) bond motifs is 1. The highest BCUT2D eigenvalue weighted by molar-refractivity contribution is 7.15. The second-order valence-electron chi connectivity index (χ2n) is 6.83. The molecule has 0 saturated carbocycles. The lowest BCUT2D eigenvalue weighted by molar-refractivity contribution is -0.384. The van der Waals surface area contributed by atoms with Gasteiger partial charge in [-0.1, -0.05) is 59.9 Å². The van der Waals surface area contributed by atoms with Crippen LogP contribution in [-0.4, -0.2) is 19.5 Å². The molecule has 0 atom stereocenters. The molecule has 32 heavy (non-hydrogen) atoms. The van der Waals surface area contributed by atoms with Gasteiger partial charge in [0, 0.05) is 23.8 Å². The predicted octanol–water partition coefficient (Wildman–Crippen LogP) is 4.04. The van der Waals surface area contributed by atoms with Crippen molar-refractivity contribution < 1.29 is 9.34 Å². The standard InChI is InChI=1S/C23H14N4O4S/c28-22-20(14-18-10-11-19(31-18)16-7-4-8-17(13-16)27(29)30)32-23-24-21(25-26(22)23)12-9-15-5-2-1-3-6-15/h1-14H/b12-9+,20-14-. The largest absolute Gasteiger partial charge is 0.457 e. The van der Waals surface area contributed by atoms with E-state index in [-0.39, 0.29) is 11.2 Å². The number of benzene rings is 2. The van der Waals surface area contributed by atoms with Crippen molar-refractivity contribution in [1.29, 1.82) is 0 Å². The molecular weight excluding hydrogens is 428 g/mol. The van der Waals surface area contributed by atoms with Crippen LogP contribution in [0.3, 0.4) is 0 Å². The average molecular weight is 442 g/mol. The van der Waals surface area contributed by atoms with E-state index in [1.54, 1.807) is 36.4 Å². The summed E-state index contributed by atoms with van der Waals surface area (Å²) in [5.41, 5.74) is 1.29. The molecule has 0 saturated heterocycles. The molecule has 0 spiro atoms. The Morgan fingerprint density at radius 1 is 1.03 bits per heavy atom. The van der Waals surface area contributed by atoms with Gasteiger partial charge in [0.05, 0.1) is 4.92 Å². The first-order valence-corrected chi connectivity index (χ1v) is 10.4. The quantitative estimate of drug-likeness (QED) is 0.301. The zero-order valence-corrected chi connectivity index (χ0v) is 17.2. The Bertz CT molecular complexity index is 1580. The van der Waals surface area contributed by atoms with Gasteiger partial charge in [-0.25, -0.2) is 0 Å². The molecule has 0 amide bonds.